The predicted molar refractivity (Wildman–Crippen MR) is 115 cm³/mol. The molecule has 2 aromatic carbocycles. The largest absolute Gasteiger partial charge is 0.463 e. The fourth-order valence-corrected chi connectivity index (χ4v) is 3.50. The number of nitrogens with zero attached hydrogens (tertiary/aromatic N) is 2. The molecule has 156 valence electrons. The van der Waals surface area contributed by atoms with E-state index in [-0.39, 0.29) is 12.7 Å². The Balaban J connectivity index is 1.33. The Morgan fingerprint density at radius 3 is 2.71 bits per heavy atom. The van der Waals surface area contributed by atoms with Crippen LogP contribution in [0.3, 0.4) is 0 Å². The summed E-state index contributed by atoms with van der Waals surface area (Å²) in [6, 6.07) is 18.3. The fourth-order valence-electron chi connectivity index (χ4n) is 3.38. The summed E-state index contributed by atoms with van der Waals surface area (Å²) in [6.07, 6.45) is 2.24. The Hall–Kier alpha value is -3.71. The van der Waals surface area contributed by atoms with Crippen molar-refractivity contribution >= 4 is 17.5 Å². The van der Waals surface area contributed by atoms with Gasteiger partial charge in [-0.2, -0.15) is 5.10 Å². The molecule has 0 fully saturated rings. The van der Waals surface area contributed by atoms with Gasteiger partial charge in [-0.3, -0.25) is 4.79 Å². The molecular weight excluding hydrogens is 418 g/mol. The first-order valence-electron chi connectivity index (χ1n) is 9.74. The minimum atomic E-state index is -0.263. The quantitative estimate of drug-likeness (QED) is 0.483. The average molecular weight is 436 g/mol. The minimum absolute atomic E-state index is 0.240. The topological polar surface area (TPSA) is 78.5 Å². The zero-order chi connectivity index (χ0) is 21.2. The lowest BCUT2D eigenvalue weighted by atomic mass is 10.1. The number of carbonyl (C=O) groups is 1. The van der Waals surface area contributed by atoms with Crippen LogP contribution in [-0.4, -0.2) is 29.0 Å². The van der Waals surface area contributed by atoms with E-state index in [0.717, 1.165) is 22.7 Å². The van der Waals surface area contributed by atoms with Gasteiger partial charge in [-0.15, -0.1) is 0 Å². The van der Waals surface area contributed by atoms with Crippen LogP contribution in [-0.2, 0) is 6.42 Å². The van der Waals surface area contributed by atoms with Gasteiger partial charge in [0.25, 0.3) is 5.91 Å². The van der Waals surface area contributed by atoms with Crippen LogP contribution in [0.1, 0.15) is 16.1 Å². The van der Waals surface area contributed by atoms with Crippen LogP contribution in [0.15, 0.2) is 71.3 Å². The van der Waals surface area contributed by atoms with E-state index in [1.807, 2.05) is 36.4 Å². The van der Waals surface area contributed by atoms with Gasteiger partial charge < -0.3 is 19.2 Å². The summed E-state index contributed by atoms with van der Waals surface area (Å²) in [4.78, 5) is 12.8. The Morgan fingerprint density at radius 1 is 1.06 bits per heavy atom. The second-order valence-electron chi connectivity index (χ2n) is 6.97. The number of aromatic nitrogens is 2. The average Bonchev–Trinajstić information content (AvgIpc) is 3.53. The van der Waals surface area contributed by atoms with Crippen LogP contribution in [0.25, 0.3) is 17.1 Å². The monoisotopic (exact) mass is 435 g/mol. The molecule has 1 aliphatic rings. The number of halogens is 1. The molecular formula is C23H18ClN3O4. The van der Waals surface area contributed by atoms with Gasteiger partial charge in [0.05, 0.1) is 12.0 Å². The van der Waals surface area contributed by atoms with Gasteiger partial charge in [-0.05, 0) is 60.5 Å². The third-order valence-corrected chi connectivity index (χ3v) is 5.18. The van der Waals surface area contributed by atoms with Crippen molar-refractivity contribution in [3.63, 3.8) is 0 Å². The molecule has 31 heavy (non-hydrogen) atoms. The lowest BCUT2D eigenvalue weighted by Crippen LogP contribution is -2.26. The summed E-state index contributed by atoms with van der Waals surface area (Å²) in [6.45, 7) is 0.701. The van der Waals surface area contributed by atoms with Gasteiger partial charge in [0.15, 0.2) is 23.0 Å². The summed E-state index contributed by atoms with van der Waals surface area (Å²) in [7, 11) is 0. The van der Waals surface area contributed by atoms with Crippen LogP contribution < -0.4 is 14.8 Å². The molecule has 0 unspecified atom stereocenters. The van der Waals surface area contributed by atoms with Crippen molar-refractivity contribution in [3.05, 3.63) is 83.2 Å². The zero-order valence-electron chi connectivity index (χ0n) is 16.4. The highest BCUT2D eigenvalue weighted by molar-refractivity contribution is 6.30. The predicted octanol–water partition coefficient (Wildman–Crippen LogP) is 4.49. The fraction of sp³-hybridized carbons (Fsp3) is 0.130. The molecule has 1 aliphatic heterocycles. The maximum atomic E-state index is 12.8. The van der Waals surface area contributed by atoms with Crippen molar-refractivity contribution in [2.24, 2.45) is 0 Å². The Morgan fingerprint density at radius 2 is 1.90 bits per heavy atom. The van der Waals surface area contributed by atoms with Crippen molar-refractivity contribution in [1.82, 2.24) is 15.1 Å². The number of carbonyl (C=O) groups excluding carboxylic acids is 1. The number of fused-ring (bicyclic) bond motifs is 1. The van der Waals surface area contributed by atoms with Crippen LogP contribution in [0.2, 0.25) is 5.02 Å². The Labute approximate surface area is 183 Å². The summed E-state index contributed by atoms with van der Waals surface area (Å²) < 4.78 is 17.9. The molecule has 0 spiro atoms. The van der Waals surface area contributed by atoms with Crippen molar-refractivity contribution in [3.8, 4) is 28.6 Å². The number of benzene rings is 2. The van der Waals surface area contributed by atoms with E-state index in [2.05, 4.69) is 10.4 Å². The number of rotatable bonds is 6. The first-order valence-corrected chi connectivity index (χ1v) is 10.1. The molecule has 0 atom stereocenters. The number of furan rings is 1. The van der Waals surface area contributed by atoms with Gasteiger partial charge in [-0.1, -0.05) is 17.7 Å². The molecule has 0 saturated heterocycles. The van der Waals surface area contributed by atoms with E-state index in [0.29, 0.717) is 35.1 Å². The molecule has 0 radical (unpaired) electrons. The third kappa shape index (κ3) is 4.00. The number of amides is 1. The van der Waals surface area contributed by atoms with Crippen LogP contribution in [0.4, 0.5) is 0 Å². The zero-order valence-corrected chi connectivity index (χ0v) is 17.1. The molecule has 1 N–H and O–H groups in total. The van der Waals surface area contributed by atoms with Crippen LogP contribution in [0.5, 0.6) is 11.5 Å². The van der Waals surface area contributed by atoms with Crippen LogP contribution in [0, 0.1) is 0 Å². The Kier molecular flexibility index (Phi) is 5.09. The summed E-state index contributed by atoms with van der Waals surface area (Å²) in [5, 5.41) is 8.05. The van der Waals surface area contributed by atoms with Gasteiger partial charge in [0.2, 0.25) is 6.79 Å². The van der Waals surface area contributed by atoms with E-state index in [9.17, 15) is 4.79 Å². The van der Waals surface area contributed by atoms with Gasteiger partial charge >= 0.3 is 0 Å². The molecule has 7 nitrogen and oxygen atoms in total. The molecule has 0 saturated carbocycles. The van der Waals surface area contributed by atoms with E-state index in [1.165, 1.54) is 0 Å². The number of hydrogen-bond acceptors (Lipinski definition) is 5. The van der Waals surface area contributed by atoms with E-state index < -0.39 is 0 Å². The third-order valence-electron chi connectivity index (χ3n) is 4.92. The maximum Gasteiger partial charge on any atom is 0.271 e. The molecule has 1 amide bonds. The first kappa shape index (κ1) is 19.3. The number of hydrogen-bond donors (Lipinski definition) is 1. The van der Waals surface area contributed by atoms with Gasteiger partial charge in [0, 0.05) is 17.6 Å². The molecule has 2 aromatic heterocycles. The van der Waals surface area contributed by atoms with E-state index in [4.69, 9.17) is 25.5 Å². The van der Waals surface area contributed by atoms with Crippen molar-refractivity contribution in [2.45, 2.75) is 6.42 Å². The van der Waals surface area contributed by atoms with Crippen molar-refractivity contribution in [2.75, 3.05) is 13.3 Å². The lowest BCUT2D eigenvalue weighted by Gasteiger charge is -2.06. The van der Waals surface area contributed by atoms with Crippen molar-refractivity contribution in [1.29, 1.82) is 0 Å². The Bertz CT molecular complexity index is 1220. The SMILES string of the molecule is O=C(NCCc1ccc2c(c1)OCO2)c1cc(-c2ccco2)n(-c2ccc(Cl)cc2)n1. The summed E-state index contributed by atoms with van der Waals surface area (Å²) in [5.74, 6) is 1.82. The molecule has 3 heterocycles. The normalized spacial score (nSPS) is 12.2. The smallest absolute Gasteiger partial charge is 0.271 e. The highest BCUT2D eigenvalue weighted by Crippen LogP contribution is 2.32. The first-order chi connectivity index (χ1) is 15.2. The van der Waals surface area contributed by atoms with Gasteiger partial charge in [0.1, 0.15) is 5.69 Å². The molecule has 0 aliphatic carbocycles. The van der Waals surface area contributed by atoms with Gasteiger partial charge in [-0.25, -0.2) is 4.68 Å². The summed E-state index contributed by atoms with van der Waals surface area (Å²) >= 11 is 6.01. The lowest BCUT2D eigenvalue weighted by molar-refractivity contribution is 0.0948. The molecule has 8 heteroatoms. The molecule has 4 aromatic rings. The number of nitrogens with one attached hydrogen (secondary N) is 1. The maximum absolute atomic E-state index is 12.8. The standard InChI is InChI=1S/C23H18ClN3O4/c24-16-4-6-17(7-5-16)27-19(20-2-1-11-29-20)13-18(26-27)23(28)25-10-9-15-3-8-21-22(12-15)31-14-30-21/h1-8,11-13H,9-10,14H2,(H,25,28). The second-order valence-corrected chi connectivity index (χ2v) is 7.41. The second kappa shape index (κ2) is 8.20. The minimum Gasteiger partial charge on any atom is -0.463 e. The van der Waals surface area contributed by atoms with E-state index in [1.54, 1.807) is 35.2 Å². The number of ether oxygens (including phenoxy) is 2. The molecule has 5 rings (SSSR count). The highest BCUT2D eigenvalue weighted by Gasteiger charge is 2.18. The van der Waals surface area contributed by atoms with Crippen LogP contribution >= 0.6 is 11.6 Å². The highest BCUT2D eigenvalue weighted by atomic mass is 35.5. The van der Waals surface area contributed by atoms with Crippen molar-refractivity contribution < 1.29 is 18.7 Å². The van der Waals surface area contributed by atoms with E-state index >= 15 is 0 Å². The summed E-state index contributed by atoms with van der Waals surface area (Å²) in [5.41, 5.74) is 2.79. The molecule has 0 bridgehead atoms.